The molecule has 0 bridgehead atoms. The number of quaternary nitrogens is 1. The molecule has 10 heteroatoms. The van der Waals surface area contributed by atoms with Crippen molar-refractivity contribution in [2.75, 3.05) is 47.5 Å². The number of nitrogens with zero attached hydrogens (tertiary/aromatic N) is 1. The Kier molecular flexibility index (Phi) is 80.0. The van der Waals surface area contributed by atoms with Crippen molar-refractivity contribution in [2.24, 2.45) is 0 Å². The highest BCUT2D eigenvalue weighted by atomic mass is 31.2. The van der Waals surface area contributed by atoms with Crippen LogP contribution in [0.1, 0.15) is 418 Å². The number of likely N-dealkylation sites (N-methyl/N-ethyl adjacent to an activating group) is 1. The Morgan fingerprint density at radius 3 is 0.825 bits per heavy atom. The number of esters is 2. The fraction of sp³-hybridized carbons (Fsp3) is 0.785. The van der Waals surface area contributed by atoms with Gasteiger partial charge in [0.05, 0.1) is 27.7 Å². The normalized spacial score (nSPS) is 13.5. The lowest BCUT2D eigenvalue weighted by atomic mass is 10.0. The largest absolute Gasteiger partial charge is 0.756 e. The van der Waals surface area contributed by atoms with Crippen molar-refractivity contribution in [3.63, 3.8) is 0 Å². The van der Waals surface area contributed by atoms with Crippen LogP contribution >= 0.6 is 7.82 Å². The molecule has 0 N–H and O–H groups in total. The van der Waals surface area contributed by atoms with E-state index < -0.39 is 26.5 Å². The number of rotatable bonds is 82. The molecule has 2 atom stereocenters. The van der Waals surface area contributed by atoms with Gasteiger partial charge in [0.25, 0.3) is 7.82 Å². The first-order valence-electron chi connectivity index (χ1n) is 44.1. The quantitative estimate of drug-likeness (QED) is 0.0195. The van der Waals surface area contributed by atoms with Crippen molar-refractivity contribution < 1.29 is 42.1 Å². The minimum atomic E-state index is -4.65. The zero-order valence-corrected chi connectivity index (χ0v) is 69.4. The number of hydrogen-bond donors (Lipinski definition) is 0. The zero-order chi connectivity index (χ0) is 74.7. The molecule has 0 aromatic heterocycles. The Morgan fingerprint density at radius 2 is 0.553 bits per heavy atom. The van der Waals surface area contributed by atoms with E-state index >= 15 is 0 Å². The summed E-state index contributed by atoms with van der Waals surface area (Å²) in [5.74, 6) is -0.823. The fourth-order valence-corrected chi connectivity index (χ4v) is 13.6. The maximum atomic E-state index is 12.9. The number of carbonyl (C=O) groups excluding carboxylic acids is 2. The first-order valence-corrected chi connectivity index (χ1v) is 45.6. The van der Waals surface area contributed by atoms with Crippen molar-refractivity contribution in [2.45, 2.75) is 424 Å². The number of phosphoric ester groups is 1. The summed E-state index contributed by atoms with van der Waals surface area (Å²) in [6.07, 6.45) is 118. The second-order valence-corrected chi connectivity index (χ2v) is 32.3. The summed E-state index contributed by atoms with van der Waals surface area (Å²) in [5.41, 5.74) is 0. The predicted octanol–water partition coefficient (Wildman–Crippen LogP) is 29.3. The third-order valence-electron chi connectivity index (χ3n) is 19.6. The lowest BCUT2D eigenvalue weighted by Gasteiger charge is -2.28. The summed E-state index contributed by atoms with van der Waals surface area (Å²) in [6, 6.07) is 0. The predicted molar refractivity (Wildman–Crippen MR) is 448 cm³/mol. The third-order valence-corrected chi connectivity index (χ3v) is 20.5. The summed E-state index contributed by atoms with van der Waals surface area (Å²) < 4.78 is 34.5. The zero-order valence-electron chi connectivity index (χ0n) is 68.5. The highest BCUT2D eigenvalue weighted by molar-refractivity contribution is 7.45. The van der Waals surface area contributed by atoms with E-state index in [2.05, 4.69) is 123 Å². The summed E-state index contributed by atoms with van der Waals surface area (Å²) >= 11 is 0. The van der Waals surface area contributed by atoms with E-state index in [4.69, 9.17) is 18.5 Å². The molecule has 0 amide bonds. The minimum absolute atomic E-state index is 0.0334. The number of allylic oxidation sites excluding steroid dienone is 18. The number of ether oxygens (including phenoxy) is 2. The summed E-state index contributed by atoms with van der Waals surface area (Å²) in [7, 11) is 1.17. The molecular formula is C93H168NO8P. The highest BCUT2D eigenvalue weighted by Gasteiger charge is 2.22. The van der Waals surface area contributed by atoms with Gasteiger partial charge in [-0.05, 0) is 83.5 Å². The molecule has 0 rings (SSSR count). The number of carbonyl (C=O) groups is 2. The number of unbranched alkanes of at least 4 members (excludes halogenated alkanes) is 50. The van der Waals surface area contributed by atoms with Gasteiger partial charge in [-0.2, -0.15) is 0 Å². The Labute approximate surface area is 639 Å². The fourth-order valence-electron chi connectivity index (χ4n) is 12.9. The molecule has 0 aromatic rings. The second kappa shape index (κ2) is 82.7. The standard InChI is InChI=1S/C93H168NO8P/c1-6-8-10-12-14-16-18-20-22-24-26-28-30-32-34-36-38-40-42-44-46-48-49-51-53-55-57-59-61-63-65-67-69-71-73-75-77-79-81-83-85-92(95)99-89-91(90-101-103(97,98)100-88-87-94(3,4)5)102-93(96)86-84-82-80-78-76-74-72-70-68-66-64-62-60-58-56-54-52-50-47-45-43-41-39-37-35-33-31-29-27-25-23-21-19-17-15-13-11-9-7-2/h9,11,15,17,21,23,27,29,33,35,39,41,45,47,52,54,58,60,91H,6-8,10,12-14,16,18-20,22,24-26,28,30-32,34,36-38,40,42-44,46,48-51,53,55-57,59,61-90H2,1-5H3/b11-9-,17-15-,23-21-,29-27-,35-33-,41-39-,47-45-,54-52-,60-58-. The van der Waals surface area contributed by atoms with Gasteiger partial charge in [-0.3, -0.25) is 14.2 Å². The van der Waals surface area contributed by atoms with Crippen LogP contribution in [0.15, 0.2) is 109 Å². The Morgan fingerprint density at radius 1 is 0.311 bits per heavy atom. The number of phosphoric acid groups is 1. The van der Waals surface area contributed by atoms with Crippen LogP contribution in [0.5, 0.6) is 0 Å². The van der Waals surface area contributed by atoms with E-state index in [9.17, 15) is 19.0 Å². The van der Waals surface area contributed by atoms with Crippen molar-refractivity contribution in [3.8, 4) is 0 Å². The second-order valence-electron chi connectivity index (χ2n) is 30.9. The van der Waals surface area contributed by atoms with E-state index in [-0.39, 0.29) is 32.0 Å². The van der Waals surface area contributed by atoms with Gasteiger partial charge in [0.2, 0.25) is 0 Å². The van der Waals surface area contributed by atoms with Crippen molar-refractivity contribution in [3.05, 3.63) is 109 Å². The Bertz CT molecular complexity index is 2110. The third kappa shape index (κ3) is 87.5. The molecule has 0 heterocycles. The van der Waals surface area contributed by atoms with Gasteiger partial charge in [-0.25, -0.2) is 0 Å². The molecule has 0 aliphatic carbocycles. The van der Waals surface area contributed by atoms with Gasteiger partial charge in [0, 0.05) is 12.8 Å². The van der Waals surface area contributed by atoms with Gasteiger partial charge < -0.3 is 27.9 Å². The molecule has 0 saturated carbocycles. The summed E-state index contributed by atoms with van der Waals surface area (Å²) in [6.45, 7) is 4.18. The van der Waals surface area contributed by atoms with E-state index in [0.717, 1.165) is 103 Å². The molecule has 0 aromatic carbocycles. The van der Waals surface area contributed by atoms with Crippen molar-refractivity contribution in [1.82, 2.24) is 0 Å². The molecule has 0 saturated heterocycles. The minimum Gasteiger partial charge on any atom is -0.756 e. The SMILES string of the molecule is CC/C=C\C/C=C\C/C=C\C/C=C\C/C=C\C/C=C\C/C=C\C/C=C\C/C=C\CCCCCCCCCCCCCC(=O)OC(COC(=O)CCCCCCCCCCCCCCCCCCCCCCCCCCCCCCCCCCCCCCCCCC)COP(=O)([O-])OCC[N+](C)(C)C. The summed E-state index contributed by atoms with van der Waals surface area (Å²) in [4.78, 5) is 38.3. The van der Waals surface area contributed by atoms with E-state index in [0.29, 0.717) is 17.4 Å². The molecule has 2 unspecified atom stereocenters. The van der Waals surface area contributed by atoms with Gasteiger partial charge in [0.15, 0.2) is 6.10 Å². The first kappa shape index (κ1) is 99.7. The van der Waals surface area contributed by atoms with Crippen LogP contribution in [0, 0.1) is 0 Å². The maximum absolute atomic E-state index is 12.9. The molecular weight excluding hydrogens is 1290 g/mol. The number of hydrogen-bond acceptors (Lipinski definition) is 8. The monoisotopic (exact) mass is 1460 g/mol. The highest BCUT2D eigenvalue weighted by Crippen LogP contribution is 2.38. The van der Waals surface area contributed by atoms with E-state index in [1.54, 1.807) is 0 Å². The van der Waals surface area contributed by atoms with E-state index in [1.807, 2.05) is 21.1 Å². The molecule has 0 aliphatic rings. The average molecular weight is 1460 g/mol. The maximum Gasteiger partial charge on any atom is 0.306 e. The van der Waals surface area contributed by atoms with Crippen LogP contribution in [0.2, 0.25) is 0 Å². The smallest absolute Gasteiger partial charge is 0.306 e. The van der Waals surface area contributed by atoms with Gasteiger partial charge in [-0.1, -0.05) is 431 Å². The van der Waals surface area contributed by atoms with Gasteiger partial charge in [-0.15, -0.1) is 0 Å². The van der Waals surface area contributed by atoms with Gasteiger partial charge >= 0.3 is 11.9 Å². The van der Waals surface area contributed by atoms with Gasteiger partial charge in [0.1, 0.15) is 19.8 Å². The van der Waals surface area contributed by atoms with Crippen LogP contribution in [0.4, 0.5) is 0 Å². The van der Waals surface area contributed by atoms with Crippen LogP contribution in [0.25, 0.3) is 0 Å². The molecule has 0 fully saturated rings. The Hall–Kier alpha value is -3.33. The van der Waals surface area contributed by atoms with Crippen LogP contribution in [-0.2, 0) is 32.7 Å². The van der Waals surface area contributed by atoms with Crippen LogP contribution in [-0.4, -0.2) is 70.0 Å². The molecule has 0 aliphatic heterocycles. The molecule has 0 radical (unpaired) electrons. The van der Waals surface area contributed by atoms with Crippen LogP contribution in [0.3, 0.4) is 0 Å². The van der Waals surface area contributed by atoms with Crippen molar-refractivity contribution >= 4 is 19.8 Å². The lowest BCUT2D eigenvalue weighted by Crippen LogP contribution is -2.37. The van der Waals surface area contributed by atoms with Crippen LogP contribution < -0.4 is 4.89 Å². The molecule has 598 valence electrons. The lowest BCUT2D eigenvalue weighted by molar-refractivity contribution is -0.870. The molecule has 103 heavy (non-hydrogen) atoms. The first-order chi connectivity index (χ1) is 50.5. The van der Waals surface area contributed by atoms with Crippen molar-refractivity contribution in [1.29, 1.82) is 0 Å². The molecule has 0 spiro atoms. The Balaban J connectivity index is 3.92. The summed E-state index contributed by atoms with van der Waals surface area (Å²) in [5, 5.41) is 0. The van der Waals surface area contributed by atoms with E-state index in [1.165, 1.54) is 283 Å². The molecule has 9 nitrogen and oxygen atoms in total. The average Bonchev–Trinajstić information content (AvgIpc) is 1.01. The topological polar surface area (TPSA) is 111 Å².